The average molecular weight is 228 g/mol. The van der Waals surface area contributed by atoms with Gasteiger partial charge in [0.25, 0.3) is 0 Å². The minimum Gasteiger partial charge on any atom is -0.382 e. The summed E-state index contributed by atoms with van der Waals surface area (Å²) in [5.74, 6) is 1.02. The van der Waals surface area contributed by atoms with Gasteiger partial charge in [0, 0.05) is 13.5 Å². The van der Waals surface area contributed by atoms with Crippen LogP contribution in [-0.2, 0) is 11.2 Å². The van der Waals surface area contributed by atoms with Gasteiger partial charge in [-0.1, -0.05) is 11.8 Å². The van der Waals surface area contributed by atoms with Crippen molar-refractivity contribution in [3.63, 3.8) is 0 Å². The summed E-state index contributed by atoms with van der Waals surface area (Å²) in [7, 11) is 1.69. The van der Waals surface area contributed by atoms with Crippen molar-refractivity contribution in [3.8, 4) is 0 Å². The summed E-state index contributed by atoms with van der Waals surface area (Å²) in [5, 5.41) is 0.669. The lowest BCUT2D eigenvalue weighted by atomic mass is 10.2. The van der Waals surface area contributed by atoms with Gasteiger partial charge < -0.3 is 10.5 Å². The fourth-order valence-corrected chi connectivity index (χ4v) is 1.45. The number of nitrogens with zero attached hydrogens (tertiary/aromatic N) is 3. The third kappa shape index (κ3) is 4.01. The SMILES string of the molecule is COC(C)CCc1nc(N)nc(SC)n1. The Morgan fingerprint density at radius 1 is 1.40 bits per heavy atom. The van der Waals surface area contributed by atoms with E-state index in [0.29, 0.717) is 5.16 Å². The van der Waals surface area contributed by atoms with Crippen molar-refractivity contribution in [1.29, 1.82) is 0 Å². The molecule has 5 nitrogen and oxygen atoms in total. The van der Waals surface area contributed by atoms with Gasteiger partial charge in [-0.15, -0.1) is 0 Å². The molecule has 1 aromatic rings. The zero-order valence-electron chi connectivity index (χ0n) is 9.23. The second-order valence-corrected chi connectivity index (χ2v) is 3.95. The number of aromatic nitrogens is 3. The molecule has 0 spiro atoms. The first-order valence-corrected chi connectivity index (χ1v) is 5.95. The largest absolute Gasteiger partial charge is 0.382 e. The van der Waals surface area contributed by atoms with E-state index in [0.717, 1.165) is 18.7 Å². The fourth-order valence-electron chi connectivity index (χ4n) is 1.07. The van der Waals surface area contributed by atoms with Crippen LogP contribution in [0.25, 0.3) is 0 Å². The number of rotatable bonds is 5. The molecule has 1 rings (SSSR count). The van der Waals surface area contributed by atoms with Gasteiger partial charge in [-0.2, -0.15) is 9.97 Å². The number of hydrogen-bond donors (Lipinski definition) is 1. The second kappa shape index (κ2) is 5.87. The van der Waals surface area contributed by atoms with Crippen LogP contribution in [0.4, 0.5) is 5.95 Å². The quantitative estimate of drug-likeness (QED) is 0.762. The van der Waals surface area contributed by atoms with Crippen molar-refractivity contribution in [2.24, 2.45) is 0 Å². The lowest BCUT2D eigenvalue weighted by molar-refractivity contribution is 0.111. The lowest BCUT2D eigenvalue weighted by Crippen LogP contribution is -2.10. The van der Waals surface area contributed by atoms with Crippen LogP contribution in [0.2, 0.25) is 0 Å². The van der Waals surface area contributed by atoms with E-state index in [-0.39, 0.29) is 12.1 Å². The van der Waals surface area contributed by atoms with Gasteiger partial charge in [-0.25, -0.2) is 4.98 Å². The Bertz CT molecular complexity index is 321. The van der Waals surface area contributed by atoms with E-state index in [1.54, 1.807) is 7.11 Å². The standard InChI is InChI=1S/C9H16N4OS/c1-6(14-2)4-5-7-11-8(10)13-9(12-7)15-3/h6H,4-5H2,1-3H3,(H2,10,11,12,13). The second-order valence-electron chi connectivity index (χ2n) is 3.18. The molecular weight excluding hydrogens is 212 g/mol. The predicted molar refractivity (Wildman–Crippen MR) is 60.8 cm³/mol. The molecule has 6 heteroatoms. The molecule has 0 aliphatic carbocycles. The van der Waals surface area contributed by atoms with Crippen LogP contribution in [0.15, 0.2) is 5.16 Å². The van der Waals surface area contributed by atoms with Crippen molar-refractivity contribution in [2.75, 3.05) is 19.1 Å². The van der Waals surface area contributed by atoms with E-state index < -0.39 is 0 Å². The molecule has 0 aliphatic heterocycles. The summed E-state index contributed by atoms with van der Waals surface area (Å²) in [4.78, 5) is 12.3. The van der Waals surface area contributed by atoms with Crippen molar-refractivity contribution in [2.45, 2.75) is 31.0 Å². The molecule has 84 valence electrons. The Kier molecular flexibility index (Phi) is 4.77. The highest BCUT2D eigenvalue weighted by molar-refractivity contribution is 7.98. The summed E-state index contributed by atoms with van der Waals surface area (Å²) in [6.45, 7) is 2.01. The Labute approximate surface area is 93.9 Å². The molecule has 15 heavy (non-hydrogen) atoms. The number of nitrogens with two attached hydrogens (primary N) is 1. The molecule has 0 aromatic carbocycles. The number of anilines is 1. The molecule has 1 atom stereocenters. The van der Waals surface area contributed by atoms with E-state index in [9.17, 15) is 0 Å². The molecule has 2 N–H and O–H groups in total. The van der Waals surface area contributed by atoms with Gasteiger partial charge in [0.05, 0.1) is 6.10 Å². The average Bonchev–Trinajstić information content (AvgIpc) is 2.25. The van der Waals surface area contributed by atoms with Crippen LogP contribution in [0.1, 0.15) is 19.2 Å². The highest BCUT2D eigenvalue weighted by atomic mass is 32.2. The van der Waals surface area contributed by atoms with Gasteiger partial charge in [-0.05, 0) is 19.6 Å². The van der Waals surface area contributed by atoms with Gasteiger partial charge in [0.15, 0.2) is 5.16 Å². The van der Waals surface area contributed by atoms with E-state index in [2.05, 4.69) is 15.0 Å². The molecule has 0 aliphatic rings. The predicted octanol–water partition coefficient (Wildman–Crippen LogP) is 1.14. The minimum atomic E-state index is 0.209. The number of thioether (sulfide) groups is 1. The Balaban J connectivity index is 2.64. The van der Waals surface area contributed by atoms with Crippen LogP contribution in [0.5, 0.6) is 0 Å². The third-order valence-electron chi connectivity index (χ3n) is 2.04. The summed E-state index contributed by atoms with van der Waals surface area (Å²) in [6, 6.07) is 0. The summed E-state index contributed by atoms with van der Waals surface area (Å²) in [6.07, 6.45) is 3.76. The number of nitrogen functional groups attached to an aromatic ring is 1. The molecule has 1 aromatic heterocycles. The van der Waals surface area contributed by atoms with Gasteiger partial charge in [0.1, 0.15) is 5.82 Å². The molecule has 0 saturated carbocycles. The normalized spacial score (nSPS) is 12.7. The van der Waals surface area contributed by atoms with Crippen molar-refractivity contribution in [3.05, 3.63) is 5.82 Å². The summed E-state index contributed by atoms with van der Waals surface area (Å²) >= 11 is 1.46. The summed E-state index contributed by atoms with van der Waals surface area (Å²) in [5.41, 5.74) is 5.57. The van der Waals surface area contributed by atoms with Gasteiger partial charge in [0.2, 0.25) is 5.95 Å². The van der Waals surface area contributed by atoms with Gasteiger partial charge in [-0.3, -0.25) is 0 Å². The van der Waals surface area contributed by atoms with Crippen molar-refractivity contribution < 1.29 is 4.74 Å². The fraction of sp³-hybridized carbons (Fsp3) is 0.667. The van der Waals surface area contributed by atoms with Crippen molar-refractivity contribution >= 4 is 17.7 Å². The van der Waals surface area contributed by atoms with Crippen LogP contribution in [0.3, 0.4) is 0 Å². The van der Waals surface area contributed by atoms with E-state index in [1.165, 1.54) is 11.8 Å². The molecular formula is C9H16N4OS. The molecule has 0 fully saturated rings. The maximum absolute atomic E-state index is 5.57. The molecule has 1 unspecified atom stereocenters. The molecule has 0 amide bonds. The van der Waals surface area contributed by atoms with E-state index in [4.69, 9.17) is 10.5 Å². The van der Waals surface area contributed by atoms with Crippen LogP contribution in [-0.4, -0.2) is 34.4 Å². The van der Waals surface area contributed by atoms with Crippen LogP contribution >= 0.6 is 11.8 Å². The van der Waals surface area contributed by atoms with Gasteiger partial charge >= 0.3 is 0 Å². The highest BCUT2D eigenvalue weighted by Crippen LogP contribution is 2.11. The number of hydrogen-bond acceptors (Lipinski definition) is 6. The Hall–Kier alpha value is -0.880. The number of ether oxygens (including phenoxy) is 1. The smallest absolute Gasteiger partial charge is 0.224 e. The first-order valence-electron chi connectivity index (χ1n) is 4.73. The zero-order chi connectivity index (χ0) is 11.3. The Morgan fingerprint density at radius 3 is 2.73 bits per heavy atom. The Morgan fingerprint density at radius 2 is 2.13 bits per heavy atom. The molecule has 0 saturated heterocycles. The van der Waals surface area contributed by atoms with Crippen molar-refractivity contribution in [1.82, 2.24) is 15.0 Å². The number of methoxy groups -OCH3 is 1. The topological polar surface area (TPSA) is 73.9 Å². The third-order valence-corrected chi connectivity index (χ3v) is 2.59. The molecule has 1 heterocycles. The first kappa shape index (κ1) is 12.2. The maximum Gasteiger partial charge on any atom is 0.224 e. The van der Waals surface area contributed by atoms with E-state index >= 15 is 0 Å². The lowest BCUT2D eigenvalue weighted by Gasteiger charge is -2.08. The zero-order valence-corrected chi connectivity index (χ0v) is 10.0. The monoisotopic (exact) mass is 228 g/mol. The summed E-state index contributed by atoms with van der Waals surface area (Å²) < 4.78 is 5.15. The number of aryl methyl sites for hydroxylation is 1. The highest BCUT2D eigenvalue weighted by Gasteiger charge is 2.06. The van der Waals surface area contributed by atoms with E-state index in [1.807, 2.05) is 13.2 Å². The van der Waals surface area contributed by atoms with Crippen LogP contribution < -0.4 is 5.73 Å². The minimum absolute atomic E-state index is 0.209. The first-order chi connectivity index (χ1) is 7.15. The molecule has 0 radical (unpaired) electrons. The molecule has 0 bridgehead atoms. The maximum atomic E-state index is 5.57. The van der Waals surface area contributed by atoms with Crippen LogP contribution in [0, 0.1) is 0 Å².